The van der Waals surface area contributed by atoms with Crippen molar-refractivity contribution in [1.82, 2.24) is 19.7 Å². The van der Waals surface area contributed by atoms with Gasteiger partial charge in [-0.2, -0.15) is 5.10 Å². The van der Waals surface area contributed by atoms with Crippen molar-refractivity contribution in [3.63, 3.8) is 0 Å². The van der Waals surface area contributed by atoms with Gasteiger partial charge in [-0.05, 0) is 32.4 Å². The van der Waals surface area contributed by atoms with E-state index in [9.17, 15) is 0 Å². The molecule has 4 nitrogen and oxygen atoms in total. The molecular formula is C13H20N4. The molecule has 4 heteroatoms. The summed E-state index contributed by atoms with van der Waals surface area (Å²) in [4.78, 5) is 8.36. The Bertz CT molecular complexity index is 460. The molecule has 0 bridgehead atoms. The summed E-state index contributed by atoms with van der Waals surface area (Å²) in [6.07, 6.45) is 3.50. The Hall–Kier alpha value is -1.71. The van der Waals surface area contributed by atoms with E-state index < -0.39 is 0 Å². The molecule has 0 aromatic carbocycles. The Morgan fingerprint density at radius 3 is 2.12 bits per heavy atom. The lowest BCUT2D eigenvalue weighted by atomic mass is 10.2. The molecule has 0 N–H and O–H groups in total. The summed E-state index contributed by atoms with van der Waals surface area (Å²) in [7, 11) is 0. The van der Waals surface area contributed by atoms with E-state index in [1.165, 1.54) is 11.3 Å². The summed E-state index contributed by atoms with van der Waals surface area (Å²) in [5.74, 6) is 0.795. The van der Waals surface area contributed by atoms with Gasteiger partial charge in [0, 0.05) is 18.1 Å². The van der Waals surface area contributed by atoms with Gasteiger partial charge in [0.15, 0.2) is 0 Å². The van der Waals surface area contributed by atoms with Gasteiger partial charge in [0.2, 0.25) is 0 Å². The first-order chi connectivity index (χ1) is 8.18. The van der Waals surface area contributed by atoms with Crippen molar-refractivity contribution in [2.45, 2.75) is 41.2 Å². The molecule has 0 saturated heterocycles. The molecule has 2 aromatic heterocycles. The molecule has 0 spiro atoms. The fourth-order valence-corrected chi connectivity index (χ4v) is 1.49. The second-order valence-corrected chi connectivity index (χ2v) is 3.62. The summed E-state index contributed by atoms with van der Waals surface area (Å²) >= 11 is 0. The van der Waals surface area contributed by atoms with E-state index in [0.717, 1.165) is 11.5 Å². The van der Waals surface area contributed by atoms with Gasteiger partial charge in [-0.25, -0.2) is 9.97 Å². The van der Waals surface area contributed by atoms with E-state index in [-0.39, 0.29) is 0 Å². The first-order valence-electron chi connectivity index (χ1n) is 5.95. The summed E-state index contributed by atoms with van der Waals surface area (Å²) in [6, 6.07) is 1.82. The Kier molecular flexibility index (Phi) is 4.82. The van der Waals surface area contributed by atoms with E-state index in [2.05, 4.69) is 28.9 Å². The van der Waals surface area contributed by atoms with Crippen LogP contribution in [-0.4, -0.2) is 19.7 Å². The number of aromatic nitrogens is 4. The van der Waals surface area contributed by atoms with Crippen LogP contribution in [0.15, 0.2) is 18.5 Å². The molecule has 0 aliphatic heterocycles. The zero-order valence-corrected chi connectivity index (χ0v) is 11.2. The van der Waals surface area contributed by atoms with Crippen molar-refractivity contribution in [3.8, 4) is 0 Å². The smallest absolute Gasteiger partial charge is 0.149 e. The third kappa shape index (κ3) is 3.12. The minimum Gasteiger partial charge on any atom is -0.262 e. The van der Waals surface area contributed by atoms with Crippen molar-refractivity contribution in [2.24, 2.45) is 0 Å². The number of aryl methyl sites for hydroxylation is 1. The lowest BCUT2D eigenvalue weighted by molar-refractivity contribution is 0.631. The fourth-order valence-electron chi connectivity index (χ4n) is 1.49. The number of nitrogens with zero attached hydrogens (tertiary/aromatic N) is 4. The van der Waals surface area contributed by atoms with Crippen molar-refractivity contribution in [3.05, 3.63) is 41.2 Å². The van der Waals surface area contributed by atoms with Gasteiger partial charge in [0.1, 0.15) is 12.4 Å². The maximum Gasteiger partial charge on any atom is 0.149 e. The molecule has 0 fully saturated rings. The van der Waals surface area contributed by atoms with Gasteiger partial charge in [0.05, 0.1) is 5.69 Å². The van der Waals surface area contributed by atoms with Crippen LogP contribution in [-0.2, 0) is 6.54 Å². The molecule has 0 unspecified atom stereocenters. The van der Waals surface area contributed by atoms with Gasteiger partial charge in [-0.1, -0.05) is 13.8 Å². The van der Waals surface area contributed by atoms with Gasteiger partial charge >= 0.3 is 0 Å². The topological polar surface area (TPSA) is 43.6 Å². The van der Waals surface area contributed by atoms with Crippen LogP contribution in [0.3, 0.4) is 0 Å². The second-order valence-electron chi connectivity index (χ2n) is 3.62. The molecule has 2 heterocycles. The summed E-state index contributed by atoms with van der Waals surface area (Å²) in [5, 5.41) is 4.44. The summed E-state index contributed by atoms with van der Waals surface area (Å²) < 4.78 is 1.94. The van der Waals surface area contributed by atoms with Gasteiger partial charge < -0.3 is 0 Å². The minimum absolute atomic E-state index is 0.640. The molecule has 0 aliphatic carbocycles. The highest BCUT2D eigenvalue weighted by Crippen LogP contribution is 2.11. The van der Waals surface area contributed by atoms with Crippen LogP contribution < -0.4 is 0 Å². The minimum atomic E-state index is 0.640. The molecule has 0 saturated carbocycles. The van der Waals surface area contributed by atoms with Crippen molar-refractivity contribution < 1.29 is 0 Å². The molecule has 0 amide bonds. The lowest BCUT2D eigenvalue weighted by Crippen LogP contribution is -2.07. The van der Waals surface area contributed by atoms with E-state index in [0.29, 0.717) is 6.54 Å². The predicted molar refractivity (Wildman–Crippen MR) is 68.9 cm³/mol. The van der Waals surface area contributed by atoms with E-state index in [4.69, 9.17) is 0 Å². The van der Waals surface area contributed by atoms with Crippen LogP contribution in [0.1, 0.15) is 36.6 Å². The quantitative estimate of drug-likeness (QED) is 0.799. The number of hydrogen-bond acceptors (Lipinski definition) is 3. The molecule has 92 valence electrons. The van der Waals surface area contributed by atoms with Crippen molar-refractivity contribution in [1.29, 1.82) is 0 Å². The molecule has 17 heavy (non-hydrogen) atoms. The highest BCUT2D eigenvalue weighted by Gasteiger charge is 2.07. The zero-order chi connectivity index (χ0) is 12.8. The average molecular weight is 232 g/mol. The third-order valence-electron chi connectivity index (χ3n) is 2.65. The Balaban J connectivity index is 0.000000686. The Morgan fingerprint density at radius 2 is 1.65 bits per heavy atom. The zero-order valence-electron chi connectivity index (χ0n) is 11.2. The van der Waals surface area contributed by atoms with Gasteiger partial charge in [-0.3, -0.25) is 4.68 Å². The van der Waals surface area contributed by atoms with Crippen LogP contribution in [0.2, 0.25) is 0 Å². The SMILES string of the molecule is CC.Cc1nn(Cc2ncccn2)c(C)c1C. The van der Waals surface area contributed by atoms with Crippen molar-refractivity contribution in [2.75, 3.05) is 0 Å². The lowest BCUT2D eigenvalue weighted by Gasteiger charge is -2.02. The predicted octanol–water partition coefficient (Wildman–Crippen LogP) is 2.67. The molecule has 0 atom stereocenters. The maximum absolute atomic E-state index is 4.44. The first kappa shape index (κ1) is 13.4. The van der Waals surface area contributed by atoms with E-state index >= 15 is 0 Å². The molecule has 0 aliphatic rings. The molecular weight excluding hydrogens is 212 g/mol. The number of rotatable bonds is 2. The summed E-state index contributed by atoms with van der Waals surface area (Å²) in [5.41, 5.74) is 3.49. The Morgan fingerprint density at radius 1 is 1.06 bits per heavy atom. The highest BCUT2D eigenvalue weighted by molar-refractivity contribution is 5.22. The van der Waals surface area contributed by atoms with Gasteiger partial charge in [-0.15, -0.1) is 0 Å². The van der Waals surface area contributed by atoms with E-state index in [1.54, 1.807) is 12.4 Å². The van der Waals surface area contributed by atoms with Crippen LogP contribution in [0.25, 0.3) is 0 Å². The molecule has 2 rings (SSSR count). The van der Waals surface area contributed by atoms with Gasteiger partial charge in [0.25, 0.3) is 0 Å². The first-order valence-corrected chi connectivity index (χ1v) is 5.95. The van der Waals surface area contributed by atoms with Crippen LogP contribution in [0, 0.1) is 20.8 Å². The largest absolute Gasteiger partial charge is 0.262 e. The summed E-state index contributed by atoms with van der Waals surface area (Å²) in [6.45, 7) is 10.8. The maximum atomic E-state index is 4.44. The third-order valence-corrected chi connectivity index (χ3v) is 2.65. The highest BCUT2D eigenvalue weighted by atomic mass is 15.3. The monoisotopic (exact) mass is 232 g/mol. The van der Waals surface area contributed by atoms with Crippen LogP contribution in [0.5, 0.6) is 0 Å². The molecule has 0 radical (unpaired) electrons. The number of hydrogen-bond donors (Lipinski definition) is 0. The molecule has 2 aromatic rings. The van der Waals surface area contributed by atoms with Crippen LogP contribution in [0.4, 0.5) is 0 Å². The van der Waals surface area contributed by atoms with Crippen molar-refractivity contribution >= 4 is 0 Å². The normalized spacial score (nSPS) is 9.71. The second kappa shape index (κ2) is 6.13. The Labute approximate surface area is 103 Å². The van der Waals surface area contributed by atoms with Crippen LogP contribution >= 0.6 is 0 Å². The standard InChI is InChI=1S/C11H14N4.C2H6/c1-8-9(2)14-15(10(8)3)7-11-12-5-4-6-13-11;1-2/h4-6H,7H2,1-3H3;1-2H3. The fraction of sp³-hybridized carbons (Fsp3) is 0.462. The average Bonchev–Trinajstić information content (AvgIpc) is 2.61. The van der Waals surface area contributed by atoms with E-state index in [1.807, 2.05) is 31.5 Å².